The van der Waals surface area contributed by atoms with Gasteiger partial charge < -0.3 is 5.11 Å². The molecule has 1 N–H and O–H groups in total. The maximum absolute atomic E-state index is 13.3. The molecule has 94 valence electrons. The van der Waals surface area contributed by atoms with Crippen molar-refractivity contribution in [1.29, 1.82) is 0 Å². The lowest BCUT2D eigenvalue weighted by Gasteiger charge is -2.12. The molecule has 0 aliphatic heterocycles. The number of benzene rings is 1. The van der Waals surface area contributed by atoms with E-state index in [0.29, 0.717) is 11.3 Å². The largest absolute Gasteiger partial charge is 0.386 e. The monoisotopic (exact) mass is 265 g/mol. The molecule has 0 aliphatic rings. The Morgan fingerprint density at radius 3 is 2.89 bits per heavy atom. The van der Waals surface area contributed by atoms with E-state index in [-0.39, 0.29) is 11.4 Å². The molecule has 0 amide bonds. The summed E-state index contributed by atoms with van der Waals surface area (Å²) in [7, 11) is 0. The van der Waals surface area contributed by atoms with Gasteiger partial charge in [0.15, 0.2) is 0 Å². The van der Waals surface area contributed by atoms with Gasteiger partial charge in [0.05, 0.1) is 10.7 Å². The molecule has 0 fully saturated rings. The second-order valence-electron chi connectivity index (χ2n) is 4.19. The van der Waals surface area contributed by atoms with Crippen LogP contribution in [0.3, 0.4) is 0 Å². The molecule has 2 aromatic rings. The van der Waals surface area contributed by atoms with Crippen molar-refractivity contribution in [2.75, 3.05) is 0 Å². The van der Waals surface area contributed by atoms with Crippen molar-refractivity contribution in [3.8, 4) is 0 Å². The first-order valence-corrected chi connectivity index (χ1v) is 5.99. The van der Waals surface area contributed by atoms with E-state index in [1.54, 1.807) is 24.4 Å². The Morgan fingerprint density at radius 2 is 2.17 bits per heavy atom. The number of halogens is 2. The number of nitrogens with zero attached hydrogens (tertiary/aromatic N) is 1. The molecular weight excluding hydrogens is 253 g/mol. The smallest absolute Gasteiger partial charge is 0.142 e. The highest BCUT2D eigenvalue weighted by atomic mass is 35.5. The Balaban J connectivity index is 2.21. The molecule has 1 unspecified atom stereocenters. The molecule has 2 nitrogen and oxygen atoms in total. The average molecular weight is 266 g/mol. The first-order valence-electron chi connectivity index (χ1n) is 5.61. The highest BCUT2D eigenvalue weighted by molar-refractivity contribution is 6.31. The predicted octanol–water partition coefficient (Wildman–Crippen LogP) is 3.46. The number of rotatable bonds is 3. The fourth-order valence-electron chi connectivity index (χ4n) is 1.76. The summed E-state index contributed by atoms with van der Waals surface area (Å²) in [6.07, 6.45) is 1.10. The summed E-state index contributed by atoms with van der Waals surface area (Å²) in [6.45, 7) is 1.92. The summed E-state index contributed by atoms with van der Waals surface area (Å²) in [6, 6.07) is 8.23. The van der Waals surface area contributed by atoms with Gasteiger partial charge in [-0.2, -0.15) is 0 Å². The van der Waals surface area contributed by atoms with Crippen LogP contribution in [0, 0.1) is 12.7 Å². The number of aliphatic hydroxyl groups is 1. The number of aryl methyl sites for hydroxylation is 1. The van der Waals surface area contributed by atoms with Crippen LogP contribution in [0.15, 0.2) is 36.5 Å². The van der Waals surface area contributed by atoms with Gasteiger partial charge in [-0.15, -0.1) is 0 Å². The van der Waals surface area contributed by atoms with E-state index in [0.717, 1.165) is 5.56 Å². The third-order valence-corrected chi connectivity index (χ3v) is 3.15. The van der Waals surface area contributed by atoms with Gasteiger partial charge in [0.2, 0.25) is 0 Å². The molecular formula is C14H13ClFNO. The molecule has 1 aromatic heterocycles. The third kappa shape index (κ3) is 2.86. The van der Waals surface area contributed by atoms with E-state index in [9.17, 15) is 9.50 Å². The van der Waals surface area contributed by atoms with Crippen molar-refractivity contribution in [1.82, 2.24) is 4.98 Å². The van der Waals surface area contributed by atoms with Crippen LogP contribution in [-0.2, 0) is 6.42 Å². The SMILES string of the molecule is Cc1ccnc(C(O)Cc2cccc(F)c2Cl)c1. The first-order chi connectivity index (χ1) is 8.58. The summed E-state index contributed by atoms with van der Waals surface area (Å²) >= 11 is 5.85. The fourth-order valence-corrected chi connectivity index (χ4v) is 1.96. The number of aliphatic hydroxyl groups excluding tert-OH is 1. The van der Waals surface area contributed by atoms with Crippen LogP contribution in [0.2, 0.25) is 5.02 Å². The topological polar surface area (TPSA) is 33.1 Å². The van der Waals surface area contributed by atoms with E-state index in [4.69, 9.17) is 11.6 Å². The summed E-state index contributed by atoms with van der Waals surface area (Å²) in [5.41, 5.74) is 2.16. The van der Waals surface area contributed by atoms with Crippen molar-refractivity contribution < 1.29 is 9.50 Å². The van der Waals surface area contributed by atoms with Crippen LogP contribution in [-0.4, -0.2) is 10.1 Å². The van der Waals surface area contributed by atoms with Gasteiger partial charge in [0.1, 0.15) is 11.9 Å². The zero-order valence-corrected chi connectivity index (χ0v) is 10.7. The van der Waals surface area contributed by atoms with Crippen LogP contribution in [0.4, 0.5) is 4.39 Å². The van der Waals surface area contributed by atoms with Crippen LogP contribution in [0.5, 0.6) is 0 Å². The summed E-state index contributed by atoms with van der Waals surface area (Å²) in [5.74, 6) is -0.474. The second kappa shape index (κ2) is 5.46. The minimum Gasteiger partial charge on any atom is -0.386 e. The van der Waals surface area contributed by atoms with Crippen molar-refractivity contribution >= 4 is 11.6 Å². The first kappa shape index (κ1) is 13.0. The number of aromatic nitrogens is 1. The van der Waals surface area contributed by atoms with Crippen LogP contribution < -0.4 is 0 Å². The van der Waals surface area contributed by atoms with Gasteiger partial charge in [-0.3, -0.25) is 4.98 Å². The van der Waals surface area contributed by atoms with E-state index < -0.39 is 11.9 Å². The Labute approximate surface area is 110 Å². The number of pyridine rings is 1. The molecule has 18 heavy (non-hydrogen) atoms. The molecule has 1 heterocycles. The van der Waals surface area contributed by atoms with E-state index >= 15 is 0 Å². The predicted molar refractivity (Wildman–Crippen MR) is 69.0 cm³/mol. The highest BCUT2D eigenvalue weighted by Crippen LogP contribution is 2.25. The van der Waals surface area contributed by atoms with Crippen LogP contribution in [0.25, 0.3) is 0 Å². The van der Waals surface area contributed by atoms with E-state index in [2.05, 4.69) is 4.98 Å². The summed E-state index contributed by atoms with van der Waals surface area (Å²) in [4.78, 5) is 4.10. The van der Waals surface area contributed by atoms with Gasteiger partial charge in [-0.1, -0.05) is 23.7 Å². The van der Waals surface area contributed by atoms with Crippen molar-refractivity contribution in [2.45, 2.75) is 19.4 Å². The van der Waals surface area contributed by atoms with Gasteiger partial charge >= 0.3 is 0 Å². The molecule has 4 heteroatoms. The Hall–Kier alpha value is -1.45. The zero-order chi connectivity index (χ0) is 13.1. The lowest BCUT2D eigenvalue weighted by atomic mass is 10.0. The minimum atomic E-state index is -0.788. The fraction of sp³-hybridized carbons (Fsp3) is 0.214. The summed E-state index contributed by atoms with van der Waals surface area (Å²) in [5, 5.41) is 10.1. The van der Waals surface area contributed by atoms with Gasteiger partial charge in [-0.05, 0) is 36.2 Å². The number of hydrogen-bond donors (Lipinski definition) is 1. The van der Waals surface area contributed by atoms with Gasteiger partial charge in [0, 0.05) is 12.6 Å². The Morgan fingerprint density at radius 1 is 1.39 bits per heavy atom. The quantitative estimate of drug-likeness (QED) is 0.922. The van der Waals surface area contributed by atoms with Gasteiger partial charge in [-0.25, -0.2) is 4.39 Å². The Kier molecular flexibility index (Phi) is 3.94. The normalized spacial score (nSPS) is 12.4. The van der Waals surface area contributed by atoms with E-state index in [1.807, 2.05) is 13.0 Å². The lowest BCUT2D eigenvalue weighted by molar-refractivity contribution is 0.173. The number of hydrogen-bond acceptors (Lipinski definition) is 2. The highest BCUT2D eigenvalue weighted by Gasteiger charge is 2.14. The molecule has 0 aliphatic carbocycles. The van der Waals surface area contributed by atoms with Crippen LogP contribution >= 0.6 is 11.6 Å². The Bertz CT molecular complexity index is 559. The molecule has 0 saturated carbocycles. The van der Waals surface area contributed by atoms with Crippen molar-refractivity contribution in [2.24, 2.45) is 0 Å². The lowest BCUT2D eigenvalue weighted by Crippen LogP contribution is -2.05. The molecule has 0 bridgehead atoms. The molecule has 1 aromatic carbocycles. The summed E-state index contributed by atoms with van der Waals surface area (Å²) < 4.78 is 13.3. The van der Waals surface area contributed by atoms with Crippen molar-refractivity contribution in [3.63, 3.8) is 0 Å². The maximum Gasteiger partial charge on any atom is 0.142 e. The average Bonchev–Trinajstić information content (AvgIpc) is 2.35. The molecule has 0 spiro atoms. The maximum atomic E-state index is 13.3. The molecule has 0 saturated heterocycles. The second-order valence-corrected chi connectivity index (χ2v) is 4.57. The molecule has 2 rings (SSSR count). The van der Waals surface area contributed by atoms with E-state index in [1.165, 1.54) is 6.07 Å². The van der Waals surface area contributed by atoms with Gasteiger partial charge in [0.25, 0.3) is 0 Å². The minimum absolute atomic E-state index is 0.0594. The van der Waals surface area contributed by atoms with Crippen LogP contribution in [0.1, 0.15) is 22.9 Å². The standard InChI is InChI=1S/C14H13ClFNO/c1-9-5-6-17-12(7-9)13(18)8-10-3-2-4-11(16)14(10)15/h2-7,13,18H,8H2,1H3. The third-order valence-electron chi connectivity index (χ3n) is 2.72. The van der Waals surface area contributed by atoms with Crippen molar-refractivity contribution in [3.05, 3.63) is 64.2 Å². The molecule has 1 atom stereocenters. The zero-order valence-electron chi connectivity index (χ0n) is 9.90. The molecule has 0 radical (unpaired) electrons.